The van der Waals surface area contributed by atoms with Crippen molar-refractivity contribution in [1.82, 2.24) is 9.88 Å². The van der Waals surface area contributed by atoms with Gasteiger partial charge < -0.3 is 19.7 Å². The Kier molecular flexibility index (Phi) is 7.97. The fraction of sp³-hybridized carbons (Fsp3) is 0.480. The van der Waals surface area contributed by atoms with Crippen LogP contribution in [0, 0.1) is 12.3 Å². The number of benzene rings is 1. The first kappa shape index (κ1) is 25.0. The van der Waals surface area contributed by atoms with Gasteiger partial charge in [-0.25, -0.2) is 4.79 Å². The smallest absolute Gasteiger partial charge is 0.326 e. The van der Waals surface area contributed by atoms with Crippen LogP contribution in [0.4, 0.5) is 0 Å². The van der Waals surface area contributed by atoms with Gasteiger partial charge in [-0.3, -0.25) is 9.59 Å². The standard InChI is InChI=1S/C25H31ClN2O5/c1-16-20(26)15-19(22(29)28(16)2)18-8-6-17(7-9-18)14-21(23(30)31)27-24(32)25(12-13-33-3)10-4-5-11-25/h6-9,15,21H,4-5,10-14H2,1-3H3,(H,27,32)(H,30,31)/t21-/m0/s1. The van der Waals surface area contributed by atoms with E-state index in [1.165, 1.54) is 4.57 Å². The highest BCUT2D eigenvalue weighted by Gasteiger charge is 2.42. The molecule has 1 aliphatic rings. The van der Waals surface area contributed by atoms with Crippen LogP contribution in [0.5, 0.6) is 0 Å². The summed E-state index contributed by atoms with van der Waals surface area (Å²) in [6.07, 6.45) is 4.14. The van der Waals surface area contributed by atoms with Crippen molar-refractivity contribution in [2.24, 2.45) is 12.5 Å². The van der Waals surface area contributed by atoms with Crippen molar-refractivity contribution in [3.8, 4) is 11.1 Å². The Morgan fingerprint density at radius 1 is 1.24 bits per heavy atom. The van der Waals surface area contributed by atoms with Gasteiger partial charge in [-0.15, -0.1) is 0 Å². The number of amides is 1. The Morgan fingerprint density at radius 3 is 2.45 bits per heavy atom. The molecule has 1 aliphatic carbocycles. The molecule has 0 aliphatic heterocycles. The van der Waals surface area contributed by atoms with Crippen molar-refractivity contribution in [1.29, 1.82) is 0 Å². The molecule has 0 spiro atoms. The first-order chi connectivity index (χ1) is 15.7. The summed E-state index contributed by atoms with van der Waals surface area (Å²) in [7, 11) is 3.27. The first-order valence-electron chi connectivity index (χ1n) is 11.2. The molecule has 2 aromatic rings. The largest absolute Gasteiger partial charge is 0.480 e. The minimum atomic E-state index is -1.08. The van der Waals surface area contributed by atoms with Gasteiger partial charge in [-0.1, -0.05) is 48.7 Å². The SMILES string of the molecule is COCCC1(C(=O)N[C@@H](Cc2ccc(-c3cc(Cl)c(C)n(C)c3=O)cc2)C(=O)O)CCCC1. The Labute approximate surface area is 198 Å². The van der Waals surface area contributed by atoms with Crippen LogP contribution >= 0.6 is 11.6 Å². The third-order valence-electron chi connectivity index (χ3n) is 6.79. The number of nitrogens with one attached hydrogen (secondary N) is 1. The molecule has 1 fully saturated rings. The number of carbonyl (C=O) groups is 2. The maximum Gasteiger partial charge on any atom is 0.326 e. The van der Waals surface area contributed by atoms with Crippen LogP contribution in [0.25, 0.3) is 11.1 Å². The van der Waals surface area contributed by atoms with Crippen LogP contribution in [-0.4, -0.2) is 41.3 Å². The molecule has 0 unspecified atom stereocenters. The van der Waals surface area contributed by atoms with E-state index in [4.69, 9.17) is 16.3 Å². The summed E-state index contributed by atoms with van der Waals surface area (Å²) in [5.41, 5.74) is 1.90. The molecule has 0 saturated heterocycles. The topological polar surface area (TPSA) is 97.6 Å². The number of nitrogens with zero attached hydrogens (tertiary/aromatic N) is 1. The molecule has 7 nitrogen and oxygen atoms in total. The van der Waals surface area contributed by atoms with Gasteiger partial charge in [0.2, 0.25) is 5.91 Å². The highest BCUT2D eigenvalue weighted by molar-refractivity contribution is 6.31. The number of aromatic nitrogens is 1. The molecule has 1 saturated carbocycles. The summed E-state index contributed by atoms with van der Waals surface area (Å²) in [4.78, 5) is 37.6. The van der Waals surface area contributed by atoms with Crippen LogP contribution in [0.2, 0.25) is 5.02 Å². The van der Waals surface area contributed by atoms with E-state index in [0.717, 1.165) is 31.2 Å². The number of hydrogen-bond donors (Lipinski definition) is 2. The van der Waals surface area contributed by atoms with Crippen molar-refractivity contribution >= 4 is 23.5 Å². The van der Waals surface area contributed by atoms with E-state index in [0.29, 0.717) is 34.9 Å². The van der Waals surface area contributed by atoms with Crippen LogP contribution in [0.15, 0.2) is 35.1 Å². The number of carboxylic acids is 1. The van der Waals surface area contributed by atoms with Crippen molar-refractivity contribution in [3.05, 3.63) is 57.0 Å². The number of aliphatic carboxylic acids is 1. The van der Waals surface area contributed by atoms with Gasteiger partial charge in [0.1, 0.15) is 6.04 Å². The summed E-state index contributed by atoms with van der Waals surface area (Å²) in [6, 6.07) is 7.72. The Morgan fingerprint density at radius 2 is 1.88 bits per heavy atom. The predicted molar refractivity (Wildman–Crippen MR) is 128 cm³/mol. The van der Waals surface area contributed by atoms with Crippen molar-refractivity contribution in [3.63, 3.8) is 0 Å². The van der Waals surface area contributed by atoms with Gasteiger partial charge in [-0.05, 0) is 43.4 Å². The fourth-order valence-electron chi connectivity index (χ4n) is 4.50. The van der Waals surface area contributed by atoms with Gasteiger partial charge in [0, 0.05) is 38.4 Å². The average molecular weight is 475 g/mol. The molecule has 178 valence electrons. The van der Waals surface area contributed by atoms with Gasteiger partial charge in [0.05, 0.1) is 10.4 Å². The van der Waals surface area contributed by atoms with E-state index < -0.39 is 17.4 Å². The quantitative estimate of drug-likeness (QED) is 0.577. The summed E-state index contributed by atoms with van der Waals surface area (Å²) in [5, 5.41) is 13.0. The van der Waals surface area contributed by atoms with Crippen LogP contribution < -0.4 is 10.9 Å². The van der Waals surface area contributed by atoms with E-state index >= 15 is 0 Å². The lowest BCUT2D eigenvalue weighted by atomic mass is 9.81. The van der Waals surface area contributed by atoms with Crippen LogP contribution in [0.3, 0.4) is 0 Å². The second-order valence-corrected chi connectivity index (χ2v) is 9.26. The monoisotopic (exact) mass is 474 g/mol. The third kappa shape index (κ3) is 5.47. The summed E-state index contributed by atoms with van der Waals surface area (Å²) in [6.45, 7) is 2.25. The molecule has 2 N–H and O–H groups in total. The summed E-state index contributed by atoms with van der Waals surface area (Å²) < 4.78 is 6.68. The first-order valence-corrected chi connectivity index (χ1v) is 11.5. The van der Waals surface area contributed by atoms with Crippen LogP contribution in [0.1, 0.15) is 43.4 Å². The number of halogens is 1. The number of methoxy groups -OCH3 is 1. The Balaban J connectivity index is 1.76. The molecule has 1 atom stereocenters. The molecule has 1 aromatic carbocycles. The molecule has 0 bridgehead atoms. The average Bonchev–Trinajstić information content (AvgIpc) is 3.29. The zero-order chi connectivity index (χ0) is 24.2. The Hall–Kier alpha value is -2.64. The zero-order valence-corrected chi connectivity index (χ0v) is 20.1. The summed E-state index contributed by atoms with van der Waals surface area (Å²) >= 11 is 6.25. The van der Waals surface area contributed by atoms with Gasteiger partial charge in [0.15, 0.2) is 0 Å². The molecule has 0 radical (unpaired) electrons. The number of ether oxygens (including phenoxy) is 1. The number of pyridine rings is 1. The molecule has 33 heavy (non-hydrogen) atoms. The lowest BCUT2D eigenvalue weighted by molar-refractivity contribution is -0.144. The van der Waals surface area contributed by atoms with E-state index in [-0.39, 0.29) is 17.9 Å². The van der Waals surface area contributed by atoms with Crippen molar-refractivity contribution in [2.75, 3.05) is 13.7 Å². The fourth-order valence-corrected chi connectivity index (χ4v) is 4.74. The normalized spacial score (nSPS) is 15.9. The van der Waals surface area contributed by atoms with E-state index in [1.54, 1.807) is 51.4 Å². The Bertz CT molecular complexity index is 1070. The van der Waals surface area contributed by atoms with E-state index in [2.05, 4.69) is 5.32 Å². The molecule has 3 rings (SSSR count). The maximum absolute atomic E-state index is 13.1. The maximum atomic E-state index is 13.1. The lowest BCUT2D eigenvalue weighted by Gasteiger charge is -2.29. The van der Waals surface area contributed by atoms with Gasteiger partial charge >= 0.3 is 5.97 Å². The van der Waals surface area contributed by atoms with E-state index in [1.807, 2.05) is 0 Å². The number of carboxylic acid groups (broad SMARTS) is 1. The van der Waals surface area contributed by atoms with Crippen molar-refractivity contribution in [2.45, 2.75) is 51.5 Å². The molecule has 8 heteroatoms. The molecule has 1 aromatic heterocycles. The molecular formula is C25H31ClN2O5. The van der Waals surface area contributed by atoms with Crippen molar-refractivity contribution < 1.29 is 19.4 Å². The number of carbonyl (C=O) groups excluding carboxylic acids is 1. The highest BCUT2D eigenvalue weighted by Crippen LogP contribution is 2.41. The second kappa shape index (κ2) is 10.5. The number of hydrogen-bond acceptors (Lipinski definition) is 4. The molecule has 1 amide bonds. The molecular weight excluding hydrogens is 444 g/mol. The third-order valence-corrected chi connectivity index (χ3v) is 7.17. The number of rotatable bonds is 9. The second-order valence-electron chi connectivity index (χ2n) is 8.85. The van der Waals surface area contributed by atoms with Gasteiger partial charge in [0.25, 0.3) is 5.56 Å². The minimum Gasteiger partial charge on any atom is -0.480 e. The predicted octanol–water partition coefficient (Wildman–Crippen LogP) is 3.72. The zero-order valence-electron chi connectivity index (χ0n) is 19.3. The van der Waals surface area contributed by atoms with E-state index in [9.17, 15) is 19.5 Å². The minimum absolute atomic E-state index is 0.147. The highest BCUT2D eigenvalue weighted by atomic mass is 35.5. The lowest BCUT2D eigenvalue weighted by Crippen LogP contribution is -2.49. The summed E-state index contributed by atoms with van der Waals surface area (Å²) in [5.74, 6) is -1.29. The van der Waals surface area contributed by atoms with Crippen LogP contribution in [-0.2, 0) is 27.8 Å². The van der Waals surface area contributed by atoms with Gasteiger partial charge in [-0.2, -0.15) is 0 Å². The molecule has 1 heterocycles.